The van der Waals surface area contributed by atoms with Crippen LogP contribution in [0.25, 0.3) is 0 Å². The Labute approximate surface area is 124 Å². The summed E-state index contributed by atoms with van der Waals surface area (Å²) in [5.74, 6) is -1.13. The van der Waals surface area contributed by atoms with Gasteiger partial charge in [-0.1, -0.05) is 0 Å². The first-order valence-electron chi connectivity index (χ1n) is 6.28. The molecule has 21 heavy (non-hydrogen) atoms. The van der Waals surface area contributed by atoms with E-state index in [-0.39, 0.29) is 11.0 Å². The second-order valence-electron chi connectivity index (χ2n) is 5.70. The zero-order valence-electron chi connectivity index (χ0n) is 12.8. The van der Waals surface area contributed by atoms with Crippen molar-refractivity contribution < 1.29 is 30.2 Å². The van der Waals surface area contributed by atoms with Gasteiger partial charge in [0.15, 0.2) is 0 Å². The van der Waals surface area contributed by atoms with Crippen LogP contribution in [0, 0.1) is 6.92 Å². The van der Waals surface area contributed by atoms with Gasteiger partial charge in [0.05, 0.1) is 22.5 Å². The summed E-state index contributed by atoms with van der Waals surface area (Å²) in [5, 5.41) is 44.4. The summed E-state index contributed by atoms with van der Waals surface area (Å²) in [6.45, 7) is 7.84. The van der Waals surface area contributed by atoms with E-state index in [1.807, 2.05) is 0 Å². The molecule has 0 fully saturated rings. The van der Waals surface area contributed by atoms with Crippen molar-refractivity contribution in [3.8, 4) is 0 Å². The van der Waals surface area contributed by atoms with Gasteiger partial charge in [0.25, 0.3) is 0 Å². The summed E-state index contributed by atoms with van der Waals surface area (Å²) < 4.78 is 0. The maximum Gasteiger partial charge on any atom is 0.490 e. The molecule has 0 amide bonds. The molecule has 0 aliphatic rings. The molecule has 0 unspecified atom stereocenters. The SMILES string of the molecule is CC(C)(O)C(C)(C)O.Cc1ncc(B(O)O)cc1C(=O)O. The van der Waals surface area contributed by atoms with Crippen molar-refractivity contribution in [1.29, 1.82) is 0 Å². The summed E-state index contributed by atoms with van der Waals surface area (Å²) in [4.78, 5) is 14.3. The highest BCUT2D eigenvalue weighted by atomic mass is 16.4. The van der Waals surface area contributed by atoms with Gasteiger partial charge in [-0.2, -0.15) is 0 Å². The monoisotopic (exact) mass is 299 g/mol. The summed E-state index contributed by atoms with van der Waals surface area (Å²) in [5.41, 5.74) is -1.62. The van der Waals surface area contributed by atoms with Crippen LogP contribution in [0.15, 0.2) is 12.3 Å². The van der Waals surface area contributed by atoms with Crippen LogP contribution in [-0.4, -0.2) is 54.6 Å². The Balaban J connectivity index is 0.000000433. The van der Waals surface area contributed by atoms with Crippen molar-refractivity contribution in [3.63, 3.8) is 0 Å². The lowest BCUT2D eigenvalue weighted by atomic mass is 9.81. The van der Waals surface area contributed by atoms with E-state index in [1.165, 1.54) is 19.2 Å². The fourth-order valence-electron chi connectivity index (χ4n) is 0.907. The molecular formula is C13H22BNO6. The normalized spacial score (nSPS) is 11.5. The highest BCUT2D eigenvalue weighted by Crippen LogP contribution is 2.19. The molecule has 7 nitrogen and oxygen atoms in total. The van der Waals surface area contributed by atoms with E-state index < -0.39 is 24.3 Å². The largest absolute Gasteiger partial charge is 0.490 e. The topological polar surface area (TPSA) is 131 Å². The van der Waals surface area contributed by atoms with Gasteiger partial charge in [-0.25, -0.2) is 4.79 Å². The standard InChI is InChI=1S/C7H8BNO4.C6H14O2/c1-4-6(7(10)11)2-5(3-9-4)8(12)13;1-5(2,7)6(3,4)8/h2-3,12-13H,1H3,(H,10,11);7-8H,1-4H3. The fraction of sp³-hybridized carbons (Fsp3) is 0.538. The van der Waals surface area contributed by atoms with Crippen LogP contribution in [0.2, 0.25) is 0 Å². The summed E-state index contributed by atoms with van der Waals surface area (Å²) >= 11 is 0. The maximum atomic E-state index is 10.6. The number of aromatic carboxylic acids is 1. The molecule has 1 aromatic heterocycles. The highest BCUT2D eigenvalue weighted by Gasteiger charge is 2.31. The van der Waals surface area contributed by atoms with Crippen molar-refractivity contribution in [2.24, 2.45) is 0 Å². The molecule has 0 saturated carbocycles. The predicted octanol–water partition coefficient (Wildman–Crippen LogP) is -0.704. The molecule has 118 valence electrons. The quantitative estimate of drug-likeness (QED) is 0.466. The molecular weight excluding hydrogens is 277 g/mol. The Kier molecular flexibility index (Phi) is 6.50. The molecule has 0 bridgehead atoms. The van der Waals surface area contributed by atoms with Gasteiger partial charge < -0.3 is 25.4 Å². The summed E-state index contributed by atoms with van der Waals surface area (Å²) in [6, 6.07) is 1.19. The summed E-state index contributed by atoms with van der Waals surface area (Å²) in [6.07, 6.45) is 1.23. The van der Waals surface area contributed by atoms with Gasteiger partial charge in [0.1, 0.15) is 0 Å². The van der Waals surface area contributed by atoms with E-state index >= 15 is 0 Å². The number of aromatic nitrogens is 1. The Bertz CT molecular complexity index is 478. The van der Waals surface area contributed by atoms with Gasteiger partial charge in [-0.3, -0.25) is 4.98 Å². The van der Waals surface area contributed by atoms with E-state index in [0.29, 0.717) is 5.69 Å². The van der Waals surface area contributed by atoms with E-state index in [9.17, 15) is 4.79 Å². The lowest BCUT2D eigenvalue weighted by Crippen LogP contribution is -2.44. The highest BCUT2D eigenvalue weighted by molar-refractivity contribution is 6.58. The average molecular weight is 299 g/mol. The molecule has 0 aliphatic carbocycles. The van der Waals surface area contributed by atoms with Crippen LogP contribution in [0.5, 0.6) is 0 Å². The minimum Gasteiger partial charge on any atom is -0.478 e. The number of carboxylic acids is 1. The van der Waals surface area contributed by atoms with E-state index in [1.54, 1.807) is 27.7 Å². The molecule has 0 aromatic carbocycles. The lowest BCUT2D eigenvalue weighted by Gasteiger charge is -2.31. The summed E-state index contributed by atoms with van der Waals surface area (Å²) in [7, 11) is -1.69. The Morgan fingerprint density at radius 1 is 1.14 bits per heavy atom. The third-order valence-electron chi connectivity index (χ3n) is 3.13. The first-order chi connectivity index (χ1) is 9.27. The van der Waals surface area contributed by atoms with Crippen molar-refractivity contribution in [3.05, 3.63) is 23.5 Å². The van der Waals surface area contributed by atoms with E-state index in [0.717, 1.165) is 0 Å². The van der Waals surface area contributed by atoms with Crippen molar-refractivity contribution >= 4 is 18.6 Å². The number of carboxylic acid groups (broad SMARTS) is 1. The number of aliphatic hydroxyl groups is 2. The molecule has 0 aliphatic heterocycles. The first-order valence-corrected chi connectivity index (χ1v) is 6.28. The number of rotatable bonds is 3. The number of pyridine rings is 1. The molecule has 8 heteroatoms. The first kappa shape index (κ1) is 19.5. The second kappa shape index (κ2) is 6.99. The van der Waals surface area contributed by atoms with Gasteiger partial charge in [0, 0.05) is 11.7 Å². The van der Waals surface area contributed by atoms with E-state index in [4.69, 9.17) is 25.4 Å². The van der Waals surface area contributed by atoms with Crippen molar-refractivity contribution in [2.45, 2.75) is 45.8 Å². The molecule has 1 aromatic rings. The van der Waals surface area contributed by atoms with Gasteiger partial charge in [-0.05, 0) is 40.7 Å². The Morgan fingerprint density at radius 3 is 1.86 bits per heavy atom. The van der Waals surface area contributed by atoms with Crippen molar-refractivity contribution in [1.82, 2.24) is 4.98 Å². The van der Waals surface area contributed by atoms with Crippen LogP contribution in [0.3, 0.4) is 0 Å². The minimum absolute atomic E-state index is 0.0226. The smallest absolute Gasteiger partial charge is 0.478 e. The number of nitrogens with zero attached hydrogens (tertiary/aromatic N) is 1. The molecule has 0 spiro atoms. The number of hydrogen-bond donors (Lipinski definition) is 5. The third kappa shape index (κ3) is 6.22. The Morgan fingerprint density at radius 2 is 1.57 bits per heavy atom. The predicted molar refractivity (Wildman–Crippen MR) is 78.4 cm³/mol. The van der Waals surface area contributed by atoms with Gasteiger partial charge in [-0.15, -0.1) is 0 Å². The molecule has 1 heterocycles. The molecule has 1 rings (SSSR count). The number of hydrogen-bond acceptors (Lipinski definition) is 6. The van der Waals surface area contributed by atoms with E-state index in [2.05, 4.69) is 4.98 Å². The van der Waals surface area contributed by atoms with Gasteiger partial charge >= 0.3 is 13.1 Å². The van der Waals surface area contributed by atoms with Crippen LogP contribution >= 0.6 is 0 Å². The Hall–Kier alpha value is -1.48. The van der Waals surface area contributed by atoms with Crippen LogP contribution < -0.4 is 5.46 Å². The number of carbonyl (C=O) groups is 1. The molecule has 5 N–H and O–H groups in total. The van der Waals surface area contributed by atoms with Crippen LogP contribution in [0.4, 0.5) is 0 Å². The molecule has 0 radical (unpaired) electrons. The van der Waals surface area contributed by atoms with Crippen LogP contribution in [0.1, 0.15) is 43.7 Å². The zero-order valence-corrected chi connectivity index (χ0v) is 12.8. The minimum atomic E-state index is -1.69. The fourth-order valence-corrected chi connectivity index (χ4v) is 0.907. The lowest BCUT2D eigenvalue weighted by molar-refractivity contribution is -0.107. The third-order valence-corrected chi connectivity index (χ3v) is 3.13. The average Bonchev–Trinajstić information content (AvgIpc) is 2.26. The van der Waals surface area contributed by atoms with Gasteiger partial charge in [0.2, 0.25) is 0 Å². The maximum absolute atomic E-state index is 10.6. The zero-order chi connectivity index (χ0) is 17.0. The number of aryl methyl sites for hydroxylation is 1. The molecule has 0 atom stereocenters. The second-order valence-corrected chi connectivity index (χ2v) is 5.70. The molecule has 0 saturated heterocycles. The van der Waals surface area contributed by atoms with Crippen LogP contribution in [-0.2, 0) is 0 Å². The van der Waals surface area contributed by atoms with Crippen molar-refractivity contribution in [2.75, 3.05) is 0 Å².